The molecule has 1 aromatic carbocycles. The van der Waals surface area contributed by atoms with Crippen LogP contribution in [0.1, 0.15) is 51.1 Å². The standard InChI is InChI=1S/C20H34N4S.HI/c1-4-21-20(22-12-5-8-15-25-3)23-17(2)18-10-9-11-19(16-18)24-13-6-7-14-24;/h9-11,16-17H,4-8,12-15H2,1-3H3,(H2,21,22,23);1H. The highest BCUT2D eigenvalue weighted by atomic mass is 127. The zero-order valence-electron chi connectivity index (χ0n) is 16.5. The van der Waals surface area contributed by atoms with Gasteiger partial charge in [0.2, 0.25) is 0 Å². The van der Waals surface area contributed by atoms with Crippen molar-refractivity contribution in [3.63, 3.8) is 0 Å². The van der Waals surface area contributed by atoms with Gasteiger partial charge in [0.05, 0.1) is 6.04 Å². The molecule has 1 aliphatic heterocycles. The number of aliphatic imine (C=N–C) groups is 1. The van der Waals surface area contributed by atoms with Gasteiger partial charge in [0.25, 0.3) is 0 Å². The summed E-state index contributed by atoms with van der Waals surface area (Å²) >= 11 is 1.91. The van der Waals surface area contributed by atoms with E-state index in [4.69, 9.17) is 4.99 Å². The molecule has 0 radical (unpaired) electrons. The molecule has 26 heavy (non-hydrogen) atoms. The van der Waals surface area contributed by atoms with Crippen molar-refractivity contribution in [1.82, 2.24) is 10.6 Å². The van der Waals surface area contributed by atoms with Crippen LogP contribution in [0.15, 0.2) is 29.3 Å². The predicted molar refractivity (Wildman–Crippen MR) is 128 cm³/mol. The first-order valence-electron chi connectivity index (χ1n) is 9.63. The molecule has 0 spiro atoms. The maximum absolute atomic E-state index is 4.73. The van der Waals surface area contributed by atoms with Crippen LogP contribution in [0.25, 0.3) is 0 Å². The Kier molecular flexibility index (Phi) is 12.2. The number of nitrogens with zero attached hydrogens (tertiary/aromatic N) is 2. The van der Waals surface area contributed by atoms with Crippen LogP contribution in [0.5, 0.6) is 0 Å². The highest BCUT2D eigenvalue weighted by Gasteiger charge is 2.14. The van der Waals surface area contributed by atoms with Gasteiger partial charge in [0, 0.05) is 31.9 Å². The second-order valence-electron chi connectivity index (χ2n) is 6.62. The zero-order chi connectivity index (χ0) is 17.9. The van der Waals surface area contributed by atoms with E-state index in [1.807, 2.05) is 11.8 Å². The maximum Gasteiger partial charge on any atom is 0.191 e. The average molecular weight is 490 g/mol. The van der Waals surface area contributed by atoms with Gasteiger partial charge in [0.15, 0.2) is 5.96 Å². The maximum atomic E-state index is 4.73. The van der Waals surface area contributed by atoms with Gasteiger partial charge in [-0.05, 0) is 69.2 Å². The van der Waals surface area contributed by atoms with Crippen LogP contribution >= 0.6 is 35.7 Å². The molecule has 1 fully saturated rings. The lowest BCUT2D eigenvalue weighted by molar-refractivity contribution is 0.682. The van der Waals surface area contributed by atoms with Gasteiger partial charge in [-0.25, -0.2) is 0 Å². The molecule has 0 amide bonds. The van der Waals surface area contributed by atoms with Gasteiger partial charge in [-0.1, -0.05) is 12.1 Å². The smallest absolute Gasteiger partial charge is 0.191 e. The van der Waals surface area contributed by atoms with E-state index >= 15 is 0 Å². The molecule has 1 aromatic rings. The number of benzene rings is 1. The van der Waals surface area contributed by atoms with Crippen LogP contribution in [0.4, 0.5) is 5.69 Å². The van der Waals surface area contributed by atoms with Crippen molar-refractivity contribution in [3.8, 4) is 0 Å². The fourth-order valence-electron chi connectivity index (χ4n) is 3.12. The molecule has 1 atom stereocenters. The molecular weight excluding hydrogens is 455 g/mol. The Morgan fingerprint density at radius 2 is 2.04 bits per heavy atom. The minimum atomic E-state index is 0. The summed E-state index contributed by atoms with van der Waals surface area (Å²) in [6.07, 6.45) is 7.16. The summed E-state index contributed by atoms with van der Waals surface area (Å²) in [4.78, 5) is 7.21. The third kappa shape index (κ3) is 7.94. The van der Waals surface area contributed by atoms with Gasteiger partial charge in [-0.15, -0.1) is 24.0 Å². The van der Waals surface area contributed by atoms with Crippen LogP contribution in [-0.2, 0) is 0 Å². The van der Waals surface area contributed by atoms with E-state index in [1.54, 1.807) is 0 Å². The van der Waals surface area contributed by atoms with Crippen LogP contribution in [0, 0.1) is 0 Å². The van der Waals surface area contributed by atoms with Crippen molar-refractivity contribution in [1.29, 1.82) is 0 Å². The Balaban J connectivity index is 0.00000338. The van der Waals surface area contributed by atoms with Gasteiger partial charge in [-0.2, -0.15) is 11.8 Å². The molecule has 1 saturated heterocycles. The minimum absolute atomic E-state index is 0. The minimum Gasteiger partial charge on any atom is -0.372 e. The van der Waals surface area contributed by atoms with E-state index in [9.17, 15) is 0 Å². The first-order valence-corrected chi connectivity index (χ1v) is 11.0. The molecule has 0 aromatic heterocycles. The van der Waals surface area contributed by atoms with Crippen molar-refractivity contribution in [2.75, 3.05) is 43.1 Å². The summed E-state index contributed by atoms with van der Waals surface area (Å²) in [5, 5.41) is 6.93. The van der Waals surface area contributed by atoms with Crippen LogP contribution in [0.2, 0.25) is 0 Å². The molecule has 1 heterocycles. The monoisotopic (exact) mass is 490 g/mol. The van der Waals surface area contributed by atoms with E-state index in [0.717, 1.165) is 25.5 Å². The second-order valence-corrected chi connectivity index (χ2v) is 7.60. The number of thioether (sulfide) groups is 1. The van der Waals surface area contributed by atoms with E-state index in [0.29, 0.717) is 0 Å². The Morgan fingerprint density at radius 3 is 2.73 bits per heavy atom. The van der Waals surface area contributed by atoms with Crippen molar-refractivity contribution >= 4 is 47.4 Å². The number of rotatable bonds is 9. The fourth-order valence-corrected chi connectivity index (χ4v) is 3.62. The molecule has 0 aliphatic carbocycles. The Bertz CT molecular complexity index is 532. The highest BCUT2D eigenvalue weighted by Crippen LogP contribution is 2.23. The molecule has 0 saturated carbocycles. The SMILES string of the molecule is CCNC(=NCCCCSC)NC(C)c1cccc(N2CCCC2)c1.I. The number of hydrogen-bond donors (Lipinski definition) is 2. The van der Waals surface area contributed by atoms with Gasteiger partial charge >= 0.3 is 0 Å². The Morgan fingerprint density at radius 1 is 1.27 bits per heavy atom. The first-order chi connectivity index (χ1) is 12.2. The van der Waals surface area contributed by atoms with Crippen molar-refractivity contribution in [2.45, 2.75) is 45.6 Å². The van der Waals surface area contributed by atoms with E-state index in [2.05, 4.69) is 59.9 Å². The molecule has 1 aliphatic rings. The number of anilines is 1. The number of nitrogens with one attached hydrogen (secondary N) is 2. The molecule has 148 valence electrons. The summed E-state index contributed by atoms with van der Waals surface area (Å²) in [7, 11) is 0. The second kappa shape index (κ2) is 13.5. The number of guanidine groups is 1. The quantitative estimate of drug-likeness (QED) is 0.229. The van der Waals surface area contributed by atoms with Crippen LogP contribution in [0.3, 0.4) is 0 Å². The number of unbranched alkanes of at least 4 members (excludes halogenated alkanes) is 1. The molecule has 1 unspecified atom stereocenters. The van der Waals surface area contributed by atoms with Gasteiger partial charge in [0.1, 0.15) is 0 Å². The number of hydrogen-bond acceptors (Lipinski definition) is 3. The Labute approximate surface area is 181 Å². The van der Waals surface area contributed by atoms with Crippen LogP contribution < -0.4 is 15.5 Å². The zero-order valence-corrected chi connectivity index (χ0v) is 19.6. The number of halogens is 1. The lowest BCUT2D eigenvalue weighted by atomic mass is 10.1. The van der Waals surface area contributed by atoms with Crippen LogP contribution in [-0.4, -0.2) is 44.1 Å². The van der Waals surface area contributed by atoms with Gasteiger partial charge in [-0.3, -0.25) is 4.99 Å². The fraction of sp³-hybridized carbons (Fsp3) is 0.650. The van der Waals surface area contributed by atoms with Crippen molar-refractivity contribution < 1.29 is 0 Å². The van der Waals surface area contributed by atoms with E-state index in [-0.39, 0.29) is 30.0 Å². The third-order valence-electron chi connectivity index (χ3n) is 4.57. The summed E-state index contributed by atoms with van der Waals surface area (Å²) in [6.45, 7) is 8.47. The normalized spacial score (nSPS) is 15.5. The first kappa shape index (κ1) is 23.4. The summed E-state index contributed by atoms with van der Waals surface area (Å²) in [5.74, 6) is 2.14. The summed E-state index contributed by atoms with van der Waals surface area (Å²) < 4.78 is 0. The molecule has 0 bridgehead atoms. The predicted octanol–water partition coefficient (Wildman–Crippen LogP) is 4.66. The summed E-state index contributed by atoms with van der Waals surface area (Å²) in [5.41, 5.74) is 2.67. The lowest BCUT2D eigenvalue weighted by Gasteiger charge is -2.22. The lowest BCUT2D eigenvalue weighted by Crippen LogP contribution is -2.38. The molecule has 6 heteroatoms. The van der Waals surface area contributed by atoms with Crippen molar-refractivity contribution in [3.05, 3.63) is 29.8 Å². The molecular formula is C20H35IN4S. The molecule has 4 nitrogen and oxygen atoms in total. The molecule has 2 N–H and O–H groups in total. The van der Waals surface area contributed by atoms with E-state index in [1.165, 1.54) is 49.4 Å². The highest BCUT2D eigenvalue weighted by molar-refractivity contribution is 14.0. The Hall–Kier alpha value is -0.630. The van der Waals surface area contributed by atoms with Gasteiger partial charge < -0.3 is 15.5 Å². The van der Waals surface area contributed by atoms with Crippen molar-refractivity contribution in [2.24, 2.45) is 4.99 Å². The van der Waals surface area contributed by atoms with E-state index < -0.39 is 0 Å². The average Bonchev–Trinajstić information content (AvgIpc) is 3.16. The summed E-state index contributed by atoms with van der Waals surface area (Å²) in [6, 6.07) is 9.18. The largest absolute Gasteiger partial charge is 0.372 e. The topological polar surface area (TPSA) is 39.7 Å². The third-order valence-corrected chi connectivity index (χ3v) is 5.26. The molecule has 2 rings (SSSR count).